The summed E-state index contributed by atoms with van der Waals surface area (Å²) >= 11 is 0. The Kier molecular flexibility index (Phi) is 9.90. The van der Waals surface area contributed by atoms with Crippen LogP contribution in [-0.2, 0) is 32.4 Å². The predicted octanol–water partition coefficient (Wildman–Crippen LogP) is 4.74. The second-order valence-corrected chi connectivity index (χ2v) is 13.3. The molecule has 0 heterocycles. The third-order valence-corrected chi connectivity index (χ3v) is 9.94. The number of hydrogen-bond donors (Lipinski definition) is 3. The first-order chi connectivity index (χ1) is 19.2. The van der Waals surface area contributed by atoms with Crippen molar-refractivity contribution in [1.29, 1.82) is 0 Å². The number of nitrogens with one attached hydrogen (secondary N) is 2. The van der Waals surface area contributed by atoms with Crippen molar-refractivity contribution in [3.8, 4) is 0 Å². The summed E-state index contributed by atoms with van der Waals surface area (Å²) in [5, 5.41) is 2.78. The molecule has 3 N–H and O–H groups in total. The molecule has 2 unspecified atom stereocenters. The van der Waals surface area contributed by atoms with Crippen molar-refractivity contribution in [2.45, 2.75) is 24.9 Å². The number of rotatable bonds is 12. The Hall–Kier alpha value is -3.75. The van der Waals surface area contributed by atoms with Crippen LogP contribution in [0.3, 0.4) is 0 Å². The lowest BCUT2D eigenvalue weighted by Crippen LogP contribution is -2.45. The van der Waals surface area contributed by atoms with Gasteiger partial charge in [0.25, 0.3) is 7.37 Å². The second-order valence-electron chi connectivity index (χ2n) is 9.26. The molecule has 0 saturated heterocycles. The fourth-order valence-electron chi connectivity index (χ4n) is 4.23. The summed E-state index contributed by atoms with van der Waals surface area (Å²) in [7, 11) is -8.46. The van der Waals surface area contributed by atoms with Crippen LogP contribution in [0.2, 0.25) is 0 Å². The Bertz CT molecular complexity index is 1520. The van der Waals surface area contributed by atoms with Crippen LogP contribution in [0.15, 0.2) is 121 Å². The van der Waals surface area contributed by atoms with Crippen molar-refractivity contribution in [3.05, 3.63) is 138 Å². The van der Waals surface area contributed by atoms with E-state index in [1.54, 1.807) is 48.5 Å². The van der Waals surface area contributed by atoms with Crippen LogP contribution in [0, 0.1) is 0 Å². The number of hydrogen-bond acceptors (Lipinski definition) is 5. The van der Waals surface area contributed by atoms with E-state index in [9.17, 15) is 22.7 Å². The summed E-state index contributed by atoms with van der Waals surface area (Å²) in [4.78, 5) is 23.9. The molecule has 3 atom stereocenters. The quantitative estimate of drug-likeness (QED) is 0.209. The number of benzene rings is 4. The zero-order valence-electron chi connectivity index (χ0n) is 21.7. The van der Waals surface area contributed by atoms with Gasteiger partial charge >= 0.3 is 6.09 Å². The van der Waals surface area contributed by atoms with E-state index in [0.717, 1.165) is 11.1 Å². The Morgan fingerprint density at radius 1 is 0.775 bits per heavy atom. The number of ether oxygens (including phenoxy) is 1. The Morgan fingerprint density at radius 3 is 1.85 bits per heavy atom. The van der Waals surface area contributed by atoms with Crippen LogP contribution in [0.5, 0.6) is 0 Å². The number of carbonyl (C=O) groups is 1. The molecule has 0 aliphatic heterocycles. The molecule has 0 aliphatic rings. The van der Waals surface area contributed by atoms with E-state index in [0.29, 0.717) is 5.56 Å². The maximum absolute atomic E-state index is 13.7. The van der Waals surface area contributed by atoms with E-state index >= 15 is 0 Å². The molecule has 0 aromatic heterocycles. The van der Waals surface area contributed by atoms with Crippen LogP contribution in [0.25, 0.3) is 0 Å². The van der Waals surface area contributed by atoms with Gasteiger partial charge in [0.15, 0.2) is 0 Å². The Balaban J connectivity index is 1.55. The standard InChI is InChI=1S/C30H31N2O6PS/c33-30(38-22-25-15-7-2-8-16-25)31-27(21-24-13-5-1-6-14-24)23-40(36,37)32-29(26-17-9-3-10-18-26)39(34,35)28-19-11-4-12-20-28/h1-20,27,29,32H,21-23H2,(H,31,33)(H,34,35)/t27-,29?/m0/s1. The molecule has 40 heavy (non-hydrogen) atoms. The highest BCUT2D eigenvalue weighted by Crippen LogP contribution is 2.53. The molecule has 0 radical (unpaired) electrons. The average molecular weight is 579 g/mol. The molecule has 4 aromatic carbocycles. The smallest absolute Gasteiger partial charge is 0.407 e. The van der Waals surface area contributed by atoms with Gasteiger partial charge in [0.1, 0.15) is 12.4 Å². The lowest BCUT2D eigenvalue weighted by atomic mass is 10.1. The third-order valence-electron chi connectivity index (χ3n) is 6.16. The van der Waals surface area contributed by atoms with Gasteiger partial charge in [0.05, 0.1) is 11.8 Å². The maximum atomic E-state index is 13.7. The van der Waals surface area contributed by atoms with Gasteiger partial charge in [-0.2, -0.15) is 4.72 Å². The van der Waals surface area contributed by atoms with E-state index < -0.39 is 41.1 Å². The number of amides is 1. The van der Waals surface area contributed by atoms with E-state index in [1.807, 2.05) is 60.7 Å². The van der Waals surface area contributed by atoms with Crippen molar-refractivity contribution in [3.63, 3.8) is 0 Å². The van der Waals surface area contributed by atoms with Crippen LogP contribution < -0.4 is 15.3 Å². The monoisotopic (exact) mass is 578 g/mol. The first kappa shape index (κ1) is 29.2. The molecule has 208 valence electrons. The second kappa shape index (κ2) is 13.5. The maximum Gasteiger partial charge on any atom is 0.407 e. The molecule has 10 heteroatoms. The normalized spacial score (nSPS) is 14.4. The lowest BCUT2D eigenvalue weighted by molar-refractivity contribution is 0.136. The van der Waals surface area contributed by atoms with E-state index in [1.165, 1.54) is 12.1 Å². The van der Waals surface area contributed by atoms with Crippen LogP contribution >= 0.6 is 7.37 Å². The molecular formula is C30H31N2O6PS. The molecule has 0 spiro atoms. The van der Waals surface area contributed by atoms with Gasteiger partial charge in [-0.3, -0.25) is 4.57 Å². The third kappa shape index (κ3) is 8.37. The molecule has 1 amide bonds. The fraction of sp³-hybridized carbons (Fsp3) is 0.167. The predicted molar refractivity (Wildman–Crippen MR) is 156 cm³/mol. The van der Waals surface area contributed by atoms with Gasteiger partial charge < -0.3 is 14.9 Å². The van der Waals surface area contributed by atoms with Crippen molar-refractivity contribution >= 4 is 28.8 Å². The van der Waals surface area contributed by atoms with Gasteiger partial charge in [-0.15, -0.1) is 0 Å². The minimum atomic E-state index is -4.26. The molecule has 0 fully saturated rings. The molecular weight excluding hydrogens is 547 g/mol. The van der Waals surface area contributed by atoms with E-state index in [4.69, 9.17) is 4.74 Å². The van der Waals surface area contributed by atoms with Gasteiger partial charge in [-0.25, -0.2) is 13.2 Å². The topological polar surface area (TPSA) is 122 Å². The number of carbonyl (C=O) groups excluding carboxylic acids is 1. The molecule has 0 aliphatic carbocycles. The highest BCUT2D eigenvalue weighted by Gasteiger charge is 2.38. The fourth-order valence-corrected chi connectivity index (χ4v) is 8.06. The first-order valence-electron chi connectivity index (χ1n) is 12.7. The summed E-state index contributed by atoms with van der Waals surface area (Å²) in [6.45, 7) is 0.0244. The largest absolute Gasteiger partial charge is 0.445 e. The van der Waals surface area contributed by atoms with E-state index in [-0.39, 0.29) is 18.3 Å². The van der Waals surface area contributed by atoms with Gasteiger partial charge in [0.2, 0.25) is 10.0 Å². The molecule has 0 saturated carbocycles. The summed E-state index contributed by atoms with van der Waals surface area (Å²) in [5.41, 5.74) is 1.94. The zero-order valence-corrected chi connectivity index (χ0v) is 23.4. The average Bonchev–Trinajstić information content (AvgIpc) is 2.96. The van der Waals surface area contributed by atoms with Gasteiger partial charge in [-0.05, 0) is 35.2 Å². The Morgan fingerprint density at radius 2 is 1.27 bits per heavy atom. The van der Waals surface area contributed by atoms with Crippen LogP contribution in [-0.4, -0.2) is 31.2 Å². The minimum Gasteiger partial charge on any atom is -0.445 e. The van der Waals surface area contributed by atoms with Gasteiger partial charge in [0, 0.05) is 5.30 Å². The SMILES string of the molecule is O=C(N[C@@H](Cc1ccccc1)CS(=O)(=O)NC(c1ccccc1)P(=O)(O)c1ccccc1)OCc1ccccc1. The van der Waals surface area contributed by atoms with Crippen LogP contribution in [0.1, 0.15) is 22.5 Å². The van der Waals surface area contributed by atoms with Gasteiger partial charge in [-0.1, -0.05) is 109 Å². The van der Waals surface area contributed by atoms with Crippen molar-refractivity contribution in [2.24, 2.45) is 0 Å². The number of sulfonamides is 1. The molecule has 0 bridgehead atoms. The summed E-state index contributed by atoms with van der Waals surface area (Å²) in [5.74, 6) is -1.97. The van der Waals surface area contributed by atoms with E-state index in [2.05, 4.69) is 10.0 Å². The molecule has 4 aromatic rings. The summed E-state index contributed by atoms with van der Waals surface area (Å²) < 4.78 is 48.5. The van der Waals surface area contributed by atoms with Crippen molar-refractivity contribution in [2.75, 3.05) is 5.75 Å². The van der Waals surface area contributed by atoms with Crippen molar-refractivity contribution in [1.82, 2.24) is 10.0 Å². The zero-order chi connectivity index (χ0) is 28.4. The highest BCUT2D eigenvalue weighted by molar-refractivity contribution is 7.90. The first-order valence-corrected chi connectivity index (χ1v) is 16.1. The highest BCUT2D eigenvalue weighted by atomic mass is 32.2. The lowest BCUT2D eigenvalue weighted by Gasteiger charge is -2.26. The van der Waals surface area contributed by atoms with Crippen molar-refractivity contribution < 1.29 is 27.4 Å². The minimum absolute atomic E-state index is 0.0244. The number of alkyl carbamates (subject to hydrolysis) is 1. The Labute approximate surface area is 234 Å². The molecule has 8 nitrogen and oxygen atoms in total. The summed E-state index contributed by atoms with van der Waals surface area (Å²) in [6, 6.07) is 33.6. The molecule has 4 rings (SSSR count). The van der Waals surface area contributed by atoms with Crippen LogP contribution in [0.4, 0.5) is 4.79 Å². The summed E-state index contributed by atoms with van der Waals surface area (Å²) in [6.07, 6.45) is -0.565.